The van der Waals surface area contributed by atoms with Gasteiger partial charge in [0.05, 0.1) is 0 Å². The summed E-state index contributed by atoms with van der Waals surface area (Å²) in [4.78, 5) is 11.3. The third kappa shape index (κ3) is 2.41. The van der Waals surface area contributed by atoms with Gasteiger partial charge in [0.2, 0.25) is 0 Å². The van der Waals surface area contributed by atoms with Crippen LogP contribution in [-0.4, -0.2) is 15.0 Å². The van der Waals surface area contributed by atoms with E-state index in [4.69, 9.17) is 0 Å². The van der Waals surface area contributed by atoms with E-state index in [2.05, 4.69) is 15.0 Å². The number of pyridine rings is 1. The van der Waals surface area contributed by atoms with Crippen LogP contribution in [0, 0.1) is 6.92 Å². The lowest BCUT2D eigenvalue weighted by molar-refractivity contribution is -0.141. The highest BCUT2D eigenvalue weighted by Gasteiger charge is 2.34. The molecule has 88 valence electrons. The van der Waals surface area contributed by atoms with Gasteiger partial charge in [0.25, 0.3) is 0 Å². The Kier molecular flexibility index (Phi) is 2.79. The molecule has 6 heteroatoms. The van der Waals surface area contributed by atoms with Crippen LogP contribution >= 0.6 is 0 Å². The zero-order chi connectivity index (χ0) is 12.5. The molecule has 0 aliphatic carbocycles. The van der Waals surface area contributed by atoms with Gasteiger partial charge >= 0.3 is 6.18 Å². The molecule has 0 bridgehead atoms. The highest BCUT2D eigenvalue weighted by molar-refractivity contribution is 5.54. The number of nitrogens with zero attached hydrogens (tertiary/aromatic N) is 3. The van der Waals surface area contributed by atoms with E-state index >= 15 is 0 Å². The van der Waals surface area contributed by atoms with Crippen molar-refractivity contribution in [3.8, 4) is 11.4 Å². The smallest absolute Gasteiger partial charge is 0.251 e. The first-order chi connectivity index (χ1) is 7.98. The molecule has 2 heterocycles. The monoisotopic (exact) mass is 239 g/mol. The highest BCUT2D eigenvalue weighted by Crippen LogP contribution is 2.31. The van der Waals surface area contributed by atoms with Gasteiger partial charge in [0, 0.05) is 24.2 Å². The number of rotatable bonds is 1. The molecule has 2 aromatic rings. The first-order valence-corrected chi connectivity index (χ1v) is 4.80. The summed E-state index contributed by atoms with van der Waals surface area (Å²) in [6, 6.07) is 3.01. The maximum absolute atomic E-state index is 12.5. The summed E-state index contributed by atoms with van der Waals surface area (Å²) in [6.45, 7) is 1.36. The van der Waals surface area contributed by atoms with Crippen molar-refractivity contribution in [3.63, 3.8) is 0 Å². The molecule has 3 nitrogen and oxygen atoms in total. The van der Waals surface area contributed by atoms with Gasteiger partial charge in [0.15, 0.2) is 5.82 Å². The predicted molar refractivity (Wildman–Crippen MR) is 55.0 cm³/mol. The van der Waals surface area contributed by atoms with Gasteiger partial charge in [-0.2, -0.15) is 13.2 Å². The van der Waals surface area contributed by atoms with Crippen molar-refractivity contribution in [2.45, 2.75) is 13.1 Å². The number of alkyl halides is 3. The highest BCUT2D eigenvalue weighted by atomic mass is 19.4. The molecule has 17 heavy (non-hydrogen) atoms. The van der Waals surface area contributed by atoms with E-state index in [1.165, 1.54) is 25.4 Å². The second-order valence-corrected chi connectivity index (χ2v) is 3.46. The van der Waals surface area contributed by atoms with Crippen LogP contribution in [0.3, 0.4) is 0 Å². The zero-order valence-electron chi connectivity index (χ0n) is 8.86. The molecular formula is C11H8F3N3. The minimum absolute atomic E-state index is 0.0578. The molecule has 0 aliphatic rings. The molecule has 0 amide bonds. The van der Waals surface area contributed by atoms with E-state index in [9.17, 15) is 13.2 Å². The van der Waals surface area contributed by atoms with Crippen molar-refractivity contribution >= 4 is 0 Å². The lowest BCUT2D eigenvalue weighted by Crippen LogP contribution is -2.10. The molecular weight excluding hydrogens is 231 g/mol. The normalized spacial score (nSPS) is 11.5. The molecule has 0 N–H and O–H groups in total. The van der Waals surface area contributed by atoms with Crippen molar-refractivity contribution in [2.75, 3.05) is 0 Å². The van der Waals surface area contributed by atoms with Crippen molar-refractivity contribution in [2.24, 2.45) is 0 Å². The van der Waals surface area contributed by atoms with E-state index in [1.807, 2.05) is 0 Å². The first kappa shape index (κ1) is 11.5. The minimum Gasteiger partial charge on any atom is -0.251 e. The Labute approximate surface area is 95.4 Å². The van der Waals surface area contributed by atoms with Crippen LogP contribution in [0.2, 0.25) is 0 Å². The third-order valence-electron chi connectivity index (χ3n) is 2.17. The molecule has 0 saturated heterocycles. The Morgan fingerprint density at radius 2 is 1.71 bits per heavy atom. The standard InChI is InChI=1S/C11H8F3N3/c1-7-5-8(10-15-3-2-4-16-10)6-17-9(7)11(12,13)14/h2-6H,1H3. The average molecular weight is 239 g/mol. The van der Waals surface area contributed by atoms with Gasteiger partial charge in [-0.3, -0.25) is 4.98 Å². The molecule has 0 aliphatic heterocycles. The van der Waals surface area contributed by atoms with Crippen LogP contribution < -0.4 is 0 Å². The third-order valence-corrected chi connectivity index (χ3v) is 2.17. The van der Waals surface area contributed by atoms with Gasteiger partial charge in [-0.1, -0.05) is 0 Å². The van der Waals surface area contributed by atoms with Crippen LogP contribution in [0.25, 0.3) is 11.4 Å². The summed E-state index contributed by atoms with van der Waals surface area (Å²) in [5.74, 6) is 0.358. The molecule has 0 aromatic carbocycles. The van der Waals surface area contributed by atoms with Gasteiger partial charge in [0.1, 0.15) is 5.69 Å². The summed E-state index contributed by atoms with van der Waals surface area (Å²) in [6.07, 6.45) is -0.254. The molecule has 2 aromatic heterocycles. The van der Waals surface area contributed by atoms with E-state index in [1.54, 1.807) is 6.07 Å². The van der Waals surface area contributed by atoms with Crippen LogP contribution in [0.1, 0.15) is 11.3 Å². The lowest BCUT2D eigenvalue weighted by atomic mass is 10.1. The molecule has 0 fully saturated rings. The van der Waals surface area contributed by atoms with Crippen molar-refractivity contribution in [1.29, 1.82) is 0 Å². The summed E-state index contributed by atoms with van der Waals surface area (Å²) < 4.78 is 37.5. The predicted octanol–water partition coefficient (Wildman–Crippen LogP) is 2.87. The topological polar surface area (TPSA) is 38.7 Å². The summed E-state index contributed by atoms with van der Waals surface area (Å²) in [5, 5.41) is 0. The average Bonchev–Trinajstić information content (AvgIpc) is 2.28. The number of aromatic nitrogens is 3. The van der Waals surface area contributed by atoms with Crippen LogP contribution in [0.4, 0.5) is 13.2 Å². The fourth-order valence-corrected chi connectivity index (χ4v) is 1.44. The van der Waals surface area contributed by atoms with Gasteiger partial charge < -0.3 is 0 Å². The Bertz CT molecular complexity index is 523. The number of halogens is 3. The maximum Gasteiger partial charge on any atom is 0.433 e. The summed E-state index contributed by atoms with van der Waals surface area (Å²) in [7, 11) is 0. The Hall–Kier alpha value is -1.98. The van der Waals surface area contributed by atoms with Crippen LogP contribution in [-0.2, 0) is 6.18 Å². The maximum atomic E-state index is 12.5. The largest absolute Gasteiger partial charge is 0.433 e. The van der Waals surface area contributed by atoms with Crippen LogP contribution in [0.15, 0.2) is 30.7 Å². The fourth-order valence-electron chi connectivity index (χ4n) is 1.44. The molecule has 0 atom stereocenters. The first-order valence-electron chi connectivity index (χ1n) is 4.80. The molecule has 0 spiro atoms. The zero-order valence-corrected chi connectivity index (χ0v) is 8.86. The number of aryl methyl sites for hydroxylation is 1. The molecule has 0 saturated carbocycles. The number of hydrogen-bond donors (Lipinski definition) is 0. The summed E-state index contributed by atoms with van der Waals surface area (Å²) >= 11 is 0. The van der Waals surface area contributed by atoms with Crippen molar-refractivity contribution < 1.29 is 13.2 Å². The lowest BCUT2D eigenvalue weighted by Gasteiger charge is -2.09. The molecule has 2 rings (SSSR count). The summed E-state index contributed by atoms with van der Waals surface area (Å²) in [5.41, 5.74) is -0.351. The van der Waals surface area contributed by atoms with Crippen LogP contribution in [0.5, 0.6) is 0 Å². The molecule has 0 unspecified atom stereocenters. The Balaban J connectivity index is 2.45. The van der Waals surface area contributed by atoms with Crippen molar-refractivity contribution in [3.05, 3.63) is 42.0 Å². The second-order valence-electron chi connectivity index (χ2n) is 3.46. The van der Waals surface area contributed by atoms with E-state index < -0.39 is 11.9 Å². The van der Waals surface area contributed by atoms with E-state index in [0.717, 1.165) is 6.20 Å². The minimum atomic E-state index is -4.43. The SMILES string of the molecule is Cc1cc(-c2ncccn2)cnc1C(F)(F)F. The number of hydrogen-bond acceptors (Lipinski definition) is 3. The van der Waals surface area contributed by atoms with Gasteiger partial charge in [-0.05, 0) is 24.6 Å². The Morgan fingerprint density at radius 1 is 1.06 bits per heavy atom. The van der Waals surface area contributed by atoms with E-state index in [-0.39, 0.29) is 5.56 Å². The van der Waals surface area contributed by atoms with Gasteiger partial charge in [-0.15, -0.1) is 0 Å². The molecule has 0 radical (unpaired) electrons. The quantitative estimate of drug-likeness (QED) is 0.768. The van der Waals surface area contributed by atoms with Gasteiger partial charge in [-0.25, -0.2) is 9.97 Å². The second kappa shape index (κ2) is 4.12. The fraction of sp³-hybridized carbons (Fsp3) is 0.182. The van der Waals surface area contributed by atoms with Crippen molar-refractivity contribution in [1.82, 2.24) is 15.0 Å². The van der Waals surface area contributed by atoms with E-state index in [0.29, 0.717) is 11.4 Å². The Morgan fingerprint density at radius 3 is 2.24 bits per heavy atom.